The van der Waals surface area contributed by atoms with Crippen molar-refractivity contribution in [3.63, 3.8) is 0 Å². The van der Waals surface area contributed by atoms with Crippen LogP contribution in [0.1, 0.15) is 43.2 Å². The number of nitrogens with zero attached hydrogens (tertiary/aromatic N) is 2. The fourth-order valence-electron chi connectivity index (χ4n) is 3.18. The van der Waals surface area contributed by atoms with E-state index in [1.165, 1.54) is 12.0 Å². The molecule has 9 nitrogen and oxygen atoms in total. The van der Waals surface area contributed by atoms with Gasteiger partial charge in [0.2, 0.25) is 0 Å². The molecule has 0 aliphatic carbocycles. The number of anilines is 1. The van der Waals surface area contributed by atoms with Gasteiger partial charge in [-0.25, -0.2) is 13.2 Å². The van der Waals surface area contributed by atoms with E-state index in [1.807, 2.05) is 13.8 Å². The number of ether oxygens (including phenoxy) is 2. The van der Waals surface area contributed by atoms with Crippen molar-refractivity contribution in [3.05, 3.63) is 34.5 Å². The summed E-state index contributed by atoms with van der Waals surface area (Å²) >= 11 is 0. The molecule has 164 valence electrons. The summed E-state index contributed by atoms with van der Waals surface area (Å²) in [5, 5.41) is 7.01. The summed E-state index contributed by atoms with van der Waals surface area (Å²) in [4.78, 5) is 14.0. The van der Waals surface area contributed by atoms with Crippen molar-refractivity contribution in [1.82, 2.24) is 15.1 Å². The number of sulfonamides is 1. The van der Waals surface area contributed by atoms with Crippen LogP contribution in [0.2, 0.25) is 0 Å². The Morgan fingerprint density at radius 1 is 1.23 bits per heavy atom. The average Bonchev–Trinajstić information content (AvgIpc) is 3.03. The minimum Gasteiger partial charge on any atom is -0.495 e. The maximum Gasteiger partial charge on any atom is 0.410 e. The highest BCUT2D eigenvalue weighted by Crippen LogP contribution is 2.31. The molecule has 1 aromatic carbocycles. The predicted octanol–water partition coefficient (Wildman–Crippen LogP) is 3.13. The summed E-state index contributed by atoms with van der Waals surface area (Å²) in [6.45, 7) is 9.78. The van der Waals surface area contributed by atoms with E-state index in [0.717, 1.165) is 16.8 Å². The number of methoxy groups -OCH3 is 1. The van der Waals surface area contributed by atoms with E-state index in [-0.39, 0.29) is 23.0 Å². The summed E-state index contributed by atoms with van der Waals surface area (Å²) in [6.07, 6.45) is 0.0787. The Balaban J connectivity index is 1.88. The zero-order valence-electron chi connectivity index (χ0n) is 18.1. The number of hydrogen-bond donors (Lipinski definition) is 2. The van der Waals surface area contributed by atoms with Gasteiger partial charge >= 0.3 is 6.09 Å². The number of amides is 1. The molecule has 2 aromatic rings. The smallest absolute Gasteiger partial charge is 0.410 e. The first-order chi connectivity index (χ1) is 13.9. The maximum atomic E-state index is 13.1. The van der Waals surface area contributed by atoms with E-state index in [9.17, 15) is 13.2 Å². The molecule has 2 N–H and O–H groups in total. The number of fused-ring (bicyclic) bond motifs is 1. The van der Waals surface area contributed by atoms with E-state index < -0.39 is 21.7 Å². The van der Waals surface area contributed by atoms with Gasteiger partial charge in [-0.3, -0.25) is 9.82 Å². The first-order valence-corrected chi connectivity index (χ1v) is 11.1. The van der Waals surface area contributed by atoms with Crippen LogP contribution in [0.3, 0.4) is 0 Å². The van der Waals surface area contributed by atoms with E-state index in [0.29, 0.717) is 18.5 Å². The van der Waals surface area contributed by atoms with E-state index >= 15 is 0 Å². The van der Waals surface area contributed by atoms with Crippen LogP contribution in [0.4, 0.5) is 10.6 Å². The van der Waals surface area contributed by atoms with E-state index in [1.54, 1.807) is 32.9 Å². The highest BCUT2D eigenvalue weighted by atomic mass is 32.2. The summed E-state index contributed by atoms with van der Waals surface area (Å²) < 4.78 is 39.4. The summed E-state index contributed by atoms with van der Waals surface area (Å²) in [5.41, 5.74) is 2.56. The number of aromatic nitrogens is 2. The molecule has 1 aliphatic rings. The topological polar surface area (TPSA) is 114 Å². The Morgan fingerprint density at radius 3 is 2.53 bits per heavy atom. The van der Waals surface area contributed by atoms with Crippen LogP contribution in [-0.2, 0) is 27.7 Å². The van der Waals surface area contributed by atoms with Gasteiger partial charge in [0.25, 0.3) is 10.0 Å². The molecule has 0 saturated carbocycles. The number of nitrogens with one attached hydrogen (secondary N) is 2. The molecule has 0 bridgehead atoms. The standard InChI is InChI=1S/C20H28N4O5S/c1-12-9-16(28-6)17(10-13(12)2)30(26,27)23-18-14-11-24(8-7-15(14)21-22-18)19(25)29-20(3,4)5/h9-10H,7-8,11H2,1-6H3,(H2,21,22,23). The van der Waals surface area contributed by atoms with Crippen molar-refractivity contribution >= 4 is 21.9 Å². The third kappa shape index (κ3) is 4.53. The summed E-state index contributed by atoms with van der Waals surface area (Å²) in [6, 6.07) is 3.26. The average molecular weight is 437 g/mol. The van der Waals surface area contributed by atoms with Gasteiger partial charge in [-0.05, 0) is 57.9 Å². The molecular formula is C20H28N4O5S. The van der Waals surface area contributed by atoms with Crippen LogP contribution >= 0.6 is 0 Å². The van der Waals surface area contributed by atoms with Gasteiger partial charge < -0.3 is 14.4 Å². The van der Waals surface area contributed by atoms with Gasteiger partial charge in [-0.1, -0.05) is 0 Å². The molecule has 1 aliphatic heterocycles. The lowest BCUT2D eigenvalue weighted by atomic mass is 10.1. The Hall–Kier alpha value is -2.75. The first-order valence-electron chi connectivity index (χ1n) is 9.63. The van der Waals surface area contributed by atoms with E-state index in [2.05, 4.69) is 14.9 Å². The largest absolute Gasteiger partial charge is 0.495 e. The number of benzene rings is 1. The van der Waals surface area contributed by atoms with E-state index in [4.69, 9.17) is 9.47 Å². The number of aromatic amines is 1. The number of hydrogen-bond acceptors (Lipinski definition) is 6. The molecular weight excluding hydrogens is 408 g/mol. The van der Waals surface area contributed by atoms with Crippen molar-refractivity contribution in [2.45, 2.75) is 58.1 Å². The molecule has 3 rings (SSSR count). The third-order valence-corrected chi connectivity index (χ3v) is 6.25. The van der Waals surface area contributed by atoms with Crippen molar-refractivity contribution < 1.29 is 22.7 Å². The molecule has 1 aromatic heterocycles. The lowest BCUT2D eigenvalue weighted by Gasteiger charge is -2.30. The fourth-order valence-corrected chi connectivity index (χ4v) is 4.45. The summed E-state index contributed by atoms with van der Waals surface area (Å²) in [5.74, 6) is 0.420. The van der Waals surface area contributed by atoms with Gasteiger partial charge in [0.1, 0.15) is 16.2 Å². The minimum absolute atomic E-state index is 0.0321. The Kier molecular flexibility index (Phi) is 5.72. The second kappa shape index (κ2) is 7.82. The Labute approximate surface area is 176 Å². The predicted molar refractivity (Wildman–Crippen MR) is 112 cm³/mol. The van der Waals surface area contributed by atoms with Crippen LogP contribution in [0.25, 0.3) is 0 Å². The molecule has 2 heterocycles. The van der Waals surface area contributed by atoms with Crippen LogP contribution < -0.4 is 9.46 Å². The molecule has 1 amide bonds. The van der Waals surface area contributed by atoms with Crippen LogP contribution in [-0.4, -0.2) is 48.9 Å². The Morgan fingerprint density at radius 2 is 1.90 bits per heavy atom. The van der Waals surface area contributed by atoms with Crippen LogP contribution in [0.5, 0.6) is 5.75 Å². The van der Waals surface area contributed by atoms with Crippen molar-refractivity contribution in [3.8, 4) is 5.75 Å². The highest BCUT2D eigenvalue weighted by molar-refractivity contribution is 7.92. The minimum atomic E-state index is -3.96. The van der Waals surface area contributed by atoms with Gasteiger partial charge in [0.15, 0.2) is 5.82 Å². The molecule has 0 saturated heterocycles. The SMILES string of the molecule is COc1cc(C)c(C)cc1S(=O)(=O)Nc1n[nH]c2c1CN(C(=O)OC(C)(C)C)CC2. The second-order valence-electron chi connectivity index (χ2n) is 8.37. The zero-order valence-corrected chi connectivity index (χ0v) is 18.9. The van der Waals surface area contributed by atoms with Crippen LogP contribution in [0.15, 0.2) is 17.0 Å². The van der Waals surface area contributed by atoms with Gasteiger partial charge in [-0.15, -0.1) is 0 Å². The van der Waals surface area contributed by atoms with Gasteiger partial charge in [0.05, 0.1) is 13.7 Å². The molecule has 0 spiro atoms. The lowest BCUT2D eigenvalue weighted by Crippen LogP contribution is -2.40. The normalized spacial score (nSPS) is 14.3. The summed E-state index contributed by atoms with van der Waals surface area (Å²) in [7, 11) is -2.53. The van der Waals surface area contributed by atoms with Crippen molar-refractivity contribution in [2.24, 2.45) is 0 Å². The lowest BCUT2D eigenvalue weighted by molar-refractivity contribution is 0.0224. The quantitative estimate of drug-likeness (QED) is 0.761. The number of carbonyl (C=O) groups is 1. The molecule has 0 fully saturated rings. The zero-order chi connectivity index (χ0) is 22.3. The third-order valence-electron chi connectivity index (χ3n) is 4.89. The second-order valence-corrected chi connectivity index (χ2v) is 10.0. The number of carbonyl (C=O) groups excluding carboxylic acids is 1. The number of rotatable bonds is 4. The Bertz CT molecular complexity index is 1070. The van der Waals surface area contributed by atoms with Crippen molar-refractivity contribution in [1.29, 1.82) is 0 Å². The molecule has 0 unspecified atom stereocenters. The van der Waals surface area contributed by atoms with Gasteiger partial charge in [0, 0.05) is 24.2 Å². The monoisotopic (exact) mass is 436 g/mol. The molecule has 0 radical (unpaired) electrons. The fraction of sp³-hybridized carbons (Fsp3) is 0.500. The highest BCUT2D eigenvalue weighted by Gasteiger charge is 2.30. The molecule has 30 heavy (non-hydrogen) atoms. The molecule has 10 heteroatoms. The number of aryl methyl sites for hydroxylation is 2. The molecule has 0 atom stereocenters. The first kappa shape index (κ1) is 21.9. The van der Waals surface area contributed by atoms with Gasteiger partial charge in [-0.2, -0.15) is 5.10 Å². The maximum absolute atomic E-state index is 13.1. The number of H-pyrrole nitrogens is 1. The van der Waals surface area contributed by atoms with Crippen molar-refractivity contribution in [2.75, 3.05) is 18.4 Å². The van der Waals surface area contributed by atoms with Crippen LogP contribution in [0, 0.1) is 13.8 Å².